The van der Waals surface area contributed by atoms with Crippen LogP contribution in [0, 0.1) is 5.92 Å². The van der Waals surface area contributed by atoms with E-state index in [1.165, 1.54) is 18.2 Å². The minimum Gasteiger partial charge on any atom is -0.336 e. The second-order valence-corrected chi connectivity index (χ2v) is 8.20. The molecule has 2 rings (SSSR count). The van der Waals surface area contributed by atoms with Crippen molar-refractivity contribution in [3.05, 3.63) is 28.8 Å². The molecule has 2 atom stereocenters. The molecule has 2 unspecified atom stereocenters. The van der Waals surface area contributed by atoms with Gasteiger partial charge in [-0.15, -0.1) is 0 Å². The van der Waals surface area contributed by atoms with E-state index >= 15 is 0 Å². The highest BCUT2D eigenvalue weighted by Crippen LogP contribution is 2.28. The van der Waals surface area contributed by atoms with E-state index in [9.17, 15) is 13.2 Å². The third-order valence-electron chi connectivity index (χ3n) is 3.49. The number of carbonyl (C=O) groups is 1. The molecule has 1 aliphatic heterocycles. The second kappa shape index (κ2) is 5.54. The fraction of sp³-hybridized carbons (Fsp3) is 0.462. The summed E-state index contributed by atoms with van der Waals surface area (Å²) in [5.74, 6) is 0.168. The summed E-state index contributed by atoms with van der Waals surface area (Å²) in [7, 11) is 1.42. The van der Waals surface area contributed by atoms with Crippen LogP contribution >= 0.6 is 22.3 Å². The van der Waals surface area contributed by atoms with E-state index in [4.69, 9.17) is 22.3 Å². The largest absolute Gasteiger partial charge is 0.336 e. The van der Waals surface area contributed by atoms with Crippen molar-refractivity contribution in [1.82, 2.24) is 4.90 Å². The zero-order valence-corrected chi connectivity index (χ0v) is 13.5. The maximum atomic E-state index is 12.5. The molecule has 1 heterocycles. The van der Waals surface area contributed by atoms with Crippen molar-refractivity contribution in [1.29, 1.82) is 0 Å². The summed E-state index contributed by atoms with van der Waals surface area (Å²) in [6.45, 7) is 4.69. The third-order valence-corrected chi connectivity index (χ3v) is 5.18. The van der Waals surface area contributed by atoms with Gasteiger partial charge in [-0.25, -0.2) is 8.42 Å². The van der Waals surface area contributed by atoms with Crippen LogP contribution in [0.25, 0.3) is 0 Å². The summed E-state index contributed by atoms with van der Waals surface area (Å²) in [4.78, 5) is 14.1. The highest BCUT2D eigenvalue weighted by Gasteiger charge is 2.31. The van der Waals surface area contributed by atoms with Crippen LogP contribution in [-0.4, -0.2) is 31.8 Å². The van der Waals surface area contributed by atoms with Crippen LogP contribution in [-0.2, 0) is 9.05 Å². The minimum atomic E-state index is -3.88. The lowest BCUT2D eigenvalue weighted by atomic mass is 10.1. The Morgan fingerprint density at radius 3 is 2.50 bits per heavy atom. The van der Waals surface area contributed by atoms with E-state index in [1.54, 1.807) is 4.90 Å². The van der Waals surface area contributed by atoms with Gasteiger partial charge in [-0.2, -0.15) is 0 Å². The van der Waals surface area contributed by atoms with Crippen LogP contribution in [0.3, 0.4) is 0 Å². The van der Waals surface area contributed by atoms with E-state index in [0.717, 1.165) is 6.42 Å². The molecule has 20 heavy (non-hydrogen) atoms. The summed E-state index contributed by atoms with van der Waals surface area (Å²) in [6, 6.07) is 4.03. The van der Waals surface area contributed by atoms with Gasteiger partial charge in [-0.3, -0.25) is 4.79 Å². The van der Waals surface area contributed by atoms with Gasteiger partial charge in [0.1, 0.15) is 0 Å². The SMILES string of the molecule is CC1CC(C)N(C(=O)c2cc(S(=O)(=O)Cl)ccc2Cl)C1. The Bertz CT molecular complexity index is 645. The normalized spacial score (nSPS) is 23.1. The summed E-state index contributed by atoms with van der Waals surface area (Å²) in [5, 5.41) is 0.228. The summed E-state index contributed by atoms with van der Waals surface area (Å²) >= 11 is 6.02. The van der Waals surface area contributed by atoms with Crippen LogP contribution in [0.2, 0.25) is 5.02 Å². The van der Waals surface area contributed by atoms with Crippen LogP contribution in [0.5, 0.6) is 0 Å². The Morgan fingerprint density at radius 2 is 2.00 bits per heavy atom. The Labute approximate surface area is 128 Å². The fourth-order valence-electron chi connectivity index (χ4n) is 2.56. The molecule has 7 heteroatoms. The first-order valence-corrected chi connectivity index (χ1v) is 8.94. The number of nitrogens with zero attached hydrogens (tertiary/aromatic N) is 1. The van der Waals surface area contributed by atoms with Crippen molar-refractivity contribution in [2.24, 2.45) is 5.92 Å². The predicted octanol–water partition coefficient (Wildman–Crippen LogP) is 3.14. The van der Waals surface area contributed by atoms with E-state index in [1.807, 2.05) is 6.92 Å². The zero-order chi connectivity index (χ0) is 15.1. The molecular weight excluding hydrogens is 321 g/mol. The lowest BCUT2D eigenvalue weighted by molar-refractivity contribution is 0.0743. The first kappa shape index (κ1) is 15.6. The number of likely N-dealkylation sites (tertiary alicyclic amines) is 1. The van der Waals surface area contributed by atoms with Gasteiger partial charge in [0.25, 0.3) is 15.0 Å². The van der Waals surface area contributed by atoms with E-state index in [2.05, 4.69) is 6.92 Å². The first-order chi connectivity index (χ1) is 9.20. The van der Waals surface area contributed by atoms with Gasteiger partial charge in [0.05, 0.1) is 15.5 Å². The smallest absolute Gasteiger partial charge is 0.261 e. The molecule has 1 aromatic carbocycles. The topological polar surface area (TPSA) is 54.5 Å². The lowest BCUT2D eigenvalue weighted by Crippen LogP contribution is -2.34. The van der Waals surface area contributed by atoms with Gasteiger partial charge in [-0.1, -0.05) is 18.5 Å². The van der Waals surface area contributed by atoms with Crippen LogP contribution in [0.15, 0.2) is 23.1 Å². The Morgan fingerprint density at radius 1 is 1.35 bits per heavy atom. The number of halogens is 2. The molecule has 0 N–H and O–H groups in total. The first-order valence-electron chi connectivity index (χ1n) is 6.25. The maximum absolute atomic E-state index is 12.5. The molecule has 1 aliphatic rings. The molecule has 1 fully saturated rings. The van der Waals surface area contributed by atoms with Crippen molar-refractivity contribution in [2.75, 3.05) is 6.54 Å². The van der Waals surface area contributed by atoms with Gasteiger partial charge >= 0.3 is 0 Å². The maximum Gasteiger partial charge on any atom is 0.261 e. The Balaban J connectivity index is 2.40. The van der Waals surface area contributed by atoms with Crippen molar-refractivity contribution in [3.8, 4) is 0 Å². The average Bonchev–Trinajstić information content (AvgIpc) is 2.66. The van der Waals surface area contributed by atoms with Crippen molar-refractivity contribution < 1.29 is 13.2 Å². The van der Waals surface area contributed by atoms with Crippen LogP contribution in [0.1, 0.15) is 30.6 Å². The number of hydrogen-bond donors (Lipinski definition) is 0. The van der Waals surface area contributed by atoms with Crippen molar-refractivity contribution in [2.45, 2.75) is 31.2 Å². The molecule has 0 radical (unpaired) electrons. The molecule has 1 amide bonds. The van der Waals surface area contributed by atoms with Gasteiger partial charge < -0.3 is 4.90 Å². The molecule has 0 saturated carbocycles. The molecule has 1 saturated heterocycles. The molecule has 0 aliphatic carbocycles. The lowest BCUT2D eigenvalue weighted by Gasteiger charge is -2.22. The van der Waals surface area contributed by atoms with Crippen LogP contribution < -0.4 is 0 Å². The molecule has 0 bridgehead atoms. The highest BCUT2D eigenvalue weighted by molar-refractivity contribution is 8.13. The van der Waals surface area contributed by atoms with Crippen molar-refractivity contribution in [3.63, 3.8) is 0 Å². The number of rotatable bonds is 2. The summed E-state index contributed by atoms with van der Waals surface area (Å²) < 4.78 is 22.7. The van der Waals surface area contributed by atoms with Crippen LogP contribution in [0.4, 0.5) is 0 Å². The van der Waals surface area contributed by atoms with E-state index < -0.39 is 9.05 Å². The molecule has 1 aromatic rings. The van der Waals surface area contributed by atoms with Gasteiger partial charge in [0.2, 0.25) is 0 Å². The minimum absolute atomic E-state index is 0.116. The third kappa shape index (κ3) is 3.10. The second-order valence-electron chi connectivity index (χ2n) is 5.23. The highest BCUT2D eigenvalue weighted by atomic mass is 35.7. The van der Waals surface area contributed by atoms with Gasteiger partial charge in [0.15, 0.2) is 0 Å². The number of carbonyl (C=O) groups excluding carboxylic acids is 1. The summed E-state index contributed by atoms with van der Waals surface area (Å²) in [6.07, 6.45) is 0.927. The van der Waals surface area contributed by atoms with Gasteiger partial charge in [-0.05, 0) is 37.5 Å². The Kier molecular flexibility index (Phi) is 4.33. The number of benzene rings is 1. The standard InChI is InChI=1S/C13H15Cl2NO3S/c1-8-5-9(2)16(7-8)13(17)11-6-10(20(15,18)19)3-4-12(11)14/h3-4,6,8-9H,5,7H2,1-2H3. The monoisotopic (exact) mass is 335 g/mol. The number of hydrogen-bond acceptors (Lipinski definition) is 3. The molecule has 4 nitrogen and oxygen atoms in total. The Hall–Kier alpha value is -0.780. The number of amides is 1. The summed E-state index contributed by atoms with van der Waals surface area (Å²) in [5.41, 5.74) is 0.175. The van der Waals surface area contributed by atoms with Gasteiger partial charge in [0, 0.05) is 23.3 Å². The molecular formula is C13H15Cl2NO3S. The zero-order valence-electron chi connectivity index (χ0n) is 11.1. The quantitative estimate of drug-likeness (QED) is 0.780. The van der Waals surface area contributed by atoms with E-state index in [-0.39, 0.29) is 27.4 Å². The molecule has 0 aromatic heterocycles. The average molecular weight is 336 g/mol. The fourth-order valence-corrected chi connectivity index (χ4v) is 3.53. The molecule has 0 spiro atoms. The molecule has 110 valence electrons. The van der Waals surface area contributed by atoms with Crippen molar-refractivity contribution >= 4 is 37.2 Å². The predicted molar refractivity (Wildman–Crippen MR) is 78.8 cm³/mol. The van der Waals surface area contributed by atoms with E-state index in [0.29, 0.717) is 12.5 Å².